The molecule has 0 radical (unpaired) electrons. The van der Waals surface area contributed by atoms with Crippen LogP contribution in [0.5, 0.6) is 0 Å². The summed E-state index contributed by atoms with van der Waals surface area (Å²) in [6.45, 7) is 1.85. The van der Waals surface area contributed by atoms with E-state index in [1.54, 1.807) is 0 Å². The van der Waals surface area contributed by atoms with Gasteiger partial charge in [0.15, 0.2) is 0 Å². The number of rotatable bonds is 1. The minimum atomic E-state index is -0.932. The number of β-lactam (4-membered cyclic amide) rings is 1. The molecule has 1 fully saturated rings. The molecule has 0 spiro atoms. The van der Waals surface area contributed by atoms with Gasteiger partial charge in [-0.2, -0.15) is 0 Å². The first-order valence-electron chi connectivity index (χ1n) is 4.01. The van der Waals surface area contributed by atoms with E-state index in [0.717, 1.165) is 0 Å². The number of carbonyl (C=O) groups is 2. The van der Waals surface area contributed by atoms with Crippen molar-refractivity contribution in [2.45, 2.75) is 24.0 Å². The van der Waals surface area contributed by atoms with Crippen LogP contribution >= 0.6 is 24.2 Å². The number of fused-ring (bicyclic) bond motifs is 1. The maximum absolute atomic E-state index is 11.0. The molecule has 0 aromatic heterocycles. The number of halogens is 1. The van der Waals surface area contributed by atoms with Crippen LogP contribution < -0.4 is 0 Å². The molecule has 0 saturated carbocycles. The Morgan fingerprint density at radius 2 is 2.12 bits per heavy atom. The van der Waals surface area contributed by atoms with Gasteiger partial charge in [-0.25, -0.2) is 4.79 Å². The molecule has 2 aliphatic rings. The first kappa shape index (κ1) is 17.6. The number of carboxylic acids is 1. The zero-order valence-corrected chi connectivity index (χ0v) is 10.1. The van der Waals surface area contributed by atoms with E-state index in [1.807, 2.05) is 6.92 Å². The van der Waals surface area contributed by atoms with Gasteiger partial charge < -0.3 is 21.0 Å². The Hall–Kier alpha value is -0.760. The monoisotopic (exact) mass is 271 g/mol. The second kappa shape index (κ2) is 6.09. The summed E-state index contributed by atoms with van der Waals surface area (Å²) < 4.78 is 0. The molecule has 0 aromatic carbocycles. The van der Waals surface area contributed by atoms with Gasteiger partial charge in [-0.3, -0.25) is 4.79 Å². The summed E-state index contributed by atoms with van der Waals surface area (Å²) in [5.74, 6) is -0.915. The maximum Gasteiger partial charge on any atom is 0.334 e. The highest BCUT2D eigenvalue weighted by Crippen LogP contribution is 2.39. The fourth-order valence-corrected chi connectivity index (χ4v) is 2.79. The summed E-state index contributed by atoms with van der Waals surface area (Å²) in [7, 11) is 0. The van der Waals surface area contributed by atoms with Gasteiger partial charge in [0.1, 0.15) is 0 Å². The molecule has 1 amide bonds. The summed E-state index contributed by atoms with van der Waals surface area (Å²) in [4.78, 5) is 23.3. The fourth-order valence-electron chi connectivity index (χ4n) is 1.46. The highest BCUT2D eigenvalue weighted by Gasteiger charge is 2.41. The molecule has 2 aliphatic heterocycles. The summed E-state index contributed by atoms with van der Waals surface area (Å²) in [6.07, 6.45) is 2.01. The van der Waals surface area contributed by atoms with E-state index >= 15 is 0 Å². The van der Waals surface area contributed by atoms with Gasteiger partial charge in [0.25, 0.3) is 0 Å². The summed E-state index contributed by atoms with van der Waals surface area (Å²) >= 11 is 1.53. The van der Waals surface area contributed by atoms with Crippen molar-refractivity contribution in [3.63, 3.8) is 0 Å². The minimum absolute atomic E-state index is 0. The van der Waals surface area contributed by atoms with Crippen molar-refractivity contribution in [1.82, 2.24) is 4.90 Å². The number of amides is 1. The van der Waals surface area contributed by atoms with E-state index in [1.165, 1.54) is 22.9 Å². The average molecular weight is 272 g/mol. The summed E-state index contributed by atoms with van der Waals surface area (Å²) in [6, 6.07) is 0. The van der Waals surface area contributed by atoms with Crippen molar-refractivity contribution in [2.75, 3.05) is 0 Å². The van der Waals surface area contributed by atoms with E-state index in [0.29, 0.717) is 12.0 Å². The van der Waals surface area contributed by atoms with E-state index < -0.39 is 5.97 Å². The second-order valence-electron chi connectivity index (χ2n) is 3.13. The van der Waals surface area contributed by atoms with Gasteiger partial charge in [0.05, 0.1) is 17.4 Å². The molecular weight excluding hydrogens is 258 g/mol. The number of hydrogen-bond donors (Lipinski definition) is 1. The fraction of sp³-hybridized carbons (Fsp3) is 0.500. The predicted octanol–water partition coefficient (Wildman–Crippen LogP) is -0.579. The molecule has 2 atom stereocenters. The molecule has 6 nitrogen and oxygen atoms in total. The van der Waals surface area contributed by atoms with Crippen LogP contribution in [0, 0.1) is 0 Å². The van der Waals surface area contributed by atoms with E-state index in [9.17, 15) is 9.59 Å². The lowest BCUT2D eigenvalue weighted by Crippen LogP contribution is -2.50. The van der Waals surface area contributed by atoms with Crippen molar-refractivity contribution in [2.24, 2.45) is 0 Å². The Labute approximate surface area is 103 Å². The zero-order chi connectivity index (χ0) is 9.59. The predicted molar refractivity (Wildman–Crippen MR) is 62.5 cm³/mol. The molecule has 0 aromatic rings. The molecule has 0 bridgehead atoms. The smallest absolute Gasteiger partial charge is 0.334 e. The Balaban J connectivity index is 0. The van der Waals surface area contributed by atoms with Crippen LogP contribution in [0.3, 0.4) is 0 Å². The lowest BCUT2D eigenvalue weighted by molar-refractivity contribution is -0.138. The third-order valence-electron chi connectivity index (χ3n) is 2.27. The molecule has 2 heterocycles. The molecular formula is C8H14ClNO5S. The molecule has 0 aliphatic carbocycles. The van der Waals surface area contributed by atoms with Gasteiger partial charge in [-0.05, 0) is 6.92 Å². The number of aliphatic carboxylic acids is 1. The zero-order valence-electron chi connectivity index (χ0n) is 8.47. The van der Waals surface area contributed by atoms with Crippen LogP contribution in [0.25, 0.3) is 0 Å². The highest BCUT2D eigenvalue weighted by molar-refractivity contribution is 8.00. The standard InChI is InChI=1S/C8H9NO3S.ClH.2H2O/c1-4-5(8(11)12)3-9-6(10)2-7(9)13-4;;;/h3-4,7H,2H2,1H3,(H,11,12);1H;2*1H2/t4?,7-;;;/m1.../s1. The molecule has 94 valence electrons. The summed E-state index contributed by atoms with van der Waals surface area (Å²) in [5.41, 5.74) is 0.314. The molecule has 16 heavy (non-hydrogen) atoms. The Morgan fingerprint density at radius 3 is 2.56 bits per heavy atom. The SMILES string of the molecule is CC1S[C@@H]2CC(=O)N2C=C1C(=O)O.Cl.O.O. The van der Waals surface area contributed by atoms with Crippen LogP contribution in [-0.2, 0) is 9.59 Å². The average Bonchev–Trinajstić information content (AvgIpc) is 2.02. The van der Waals surface area contributed by atoms with Crippen molar-refractivity contribution in [3.8, 4) is 0 Å². The largest absolute Gasteiger partial charge is 0.478 e. The van der Waals surface area contributed by atoms with Gasteiger partial charge in [-0.15, -0.1) is 24.2 Å². The van der Waals surface area contributed by atoms with Crippen LogP contribution in [-0.4, -0.2) is 43.5 Å². The first-order chi connectivity index (χ1) is 6.09. The van der Waals surface area contributed by atoms with Crippen molar-refractivity contribution < 1.29 is 25.6 Å². The number of carbonyl (C=O) groups excluding carboxylic acids is 1. The Morgan fingerprint density at radius 1 is 1.56 bits per heavy atom. The van der Waals surface area contributed by atoms with Crippen molar-refractivity contribution in [1.29, 1.82) is 0 Å². The van der Waals surface area contributed by atoms with E-state index in [2.05, 4.69) is 0 Å². The van der Waals surface area contributed by atoms with E-state index in [4.69, 9.17) is 5.11 Å². The maximum atomic E-state index is 11.0. The second-order valence-corrected chi connectivity index (χ2v) is 4.65. The minimum Gasteiger partial charge on any atom is -0.478 e. The molecule has 1 saturated heterocycles. The van der Waals surface area contributed by atoms with Crippen LogP contribution in [0.1, 0.15) is 13.3 Å². The number of carboxylic acid groups (broad SMARTS) is 1. The third kappa shape index (κ3) is 2.67. The van der Waals surface area contributed by atoms with Crippen molar-refractivity contribution >= 4 is 36.0 Å². The topological polar surface area (TPSA) is 121 Å². The lowest BCUT2D eigenvalue weighted by Gasteiger charge is -2.42. The highest BCUT2D eigenvalue weighted by atomic mass is 35.5. The number of thioether (sulfide) groups is 1. The lowest BCUT2D eigenvalue weighted by atomic mass is 10.1. The molecule has 1 unspecified atom stereocenters. The number of hydrogen-bond acceptors (Lipinski definition) is 3. The summed E-state index contributed by atoms with van der Waals surface area (Å²) in [5, 5.41) is 8.95. The molecule has 2 rings (SSSR count). The van der Waals surface area contributed by atoms with Crippen molar-refractivity contribution in [3.05, 3.63) is 11.8 Å². The number of nitrogens with zero attached hydrogens (tertiary/aromatic N) is 1. The van der Waals surface area contributed by atoms with E-state index in [-0.39, 0.29) is 39.9 Å². The quantitative estimate of drug-likeness (QED) is 0.641. The van der Waals surface area contributed by atoms with Gasteiger partial charge in [-0.1, -0.05) is 0 Å². The Bertz CT molecular complexity index is 322. The van der Waals surface area contributed by atoms with Gasteiger partial charge in [0.2, 0.25) is 5.91 Å². The third-order valence-corrected chi connectivity index (χ3v) is 3.64. The molecule has 5 N–H and O–H groups in total. The Kier molecular flexibility index (Phi) is 6.71. The van der Waals surface area contributed by atoms with Crippen LogP contribution in [0.4, 0.5) is 0 Å². The van der Waals surface area contributed by atoms with Crippen LogP contribution in [0.15, 0.2) is 11.8 Å². The molecule has 8 heteroatoms. The van der Waals surface area contributed by atoms with Gasteiger partial charge >= 0.3 is 5.97 Å². The van der Waals surface area contributed by atoms with Gasteiger partial charge in [0, 0.05) is 11.4 Å². The van der Waals surface area contributed by atoms with Crippen LogP contribution in [0.2, 0.25) is 0 Å². The first-order valence-corrected chi connectivity index (χ1v) is 4.95. The normalized spacial score (nSPS) is 25.9.